The van der Waals surface area contributed by atoms with Crippen molar-refractivity contribution >= 4 is 28.3 Å². The second kappa shape index (κ2) is 6.15. The first-order valence-electron chi connectivity index (χ1n) is 5.18. The van der Waals surface area contributed by atoms with E-state index in [9.17, 15) is 10.1 Å². The molecule has 1 aromatic rings. The lowest BCUT2D eigenvalue weighted by molar-refractivity contribution is -0.385. The zero-order chi connectivity index (χ0) is 12.1. The zero-order valence-corrected chi connectivity index (χ0v) is 11.5. The summed E-state index contributed by atoms with van der Waals surface area (Å²) < 4.78 is 0.894. The fraction of sp³-hybridized carbons (Fsp3) is 0.455. The molecular weight excluding hydrogens is 319 g/mol. The number of benzene rings is 1. The number of nitro groups is 1. The largest absolute Gasteiger partial charge is 0.317 e. The quantitative estimate of drug-likeness (QED) is 0.512. The van der Waals surface area contributed by atoms with Crippen molar-refractivity contribution in [1.82, 2.24) is 5.32 Å². The van der Waals surface area contributed by atoms with Gasteiger partial charge in [-0.3, -0.25) is 10.1 Å². The van der Waals surface area contributed by atoms with Crippen molar-refractivity contribution in [1.29, 1.82) is 0 Å². The highest BCUT2D eigenvalue weighted by Crippen LogP contribution is 2.23. The SMILES string of the molecule is CCC(Cc1ccc(I)cc1[N+](=O)[O-])NC. The average molecular weight is 334 g/mol. The molecule has 1 unspecified atom stereocenters. The molecule has 5 heteroatoms. The molecule has 88 valence electrons. The molecule has 1 N–H and O–H groups in total. The van der Waals surface area contributed by atoms with Gasteiger partial charge in [-0.15, -0.1) is 0 Å². The van der Waals surface area contributed by atoms with E-state index in [-0.39, 0.29) is 10.6 Å². The molecule has 0 saturated carbocycles. The van der Waals surface area contributed by atoms with Crippen LogP contribution in [0.3, 0.4) is 0 Å². The summed E-state index contributed by atoms with van der Waals surface area (Å²) >= 11 is 2.09. The smallest absolute Gasteiger partial charge is 0.273 e. The second-order valence-corrected chi connectivity index (χ2v) is 4.87. The summed E-state index contributed by atoms with van der Waals surface area (Å²) in [5.41, 5.74) is 1.02. The van der Waals surface area contributed by atoms with Gasteiger partial charge in [0.25, 0.3) is 5.69 Å². The van der Waals surface area contributed by atoms with Crippen molar-refractivity contribution in [2.75, 3.05) is 7.05 Å². The monoisotopic (exact) mass is 334 g/mol. The van der Waals surface area contributed by atoms with Crippen molar-refractivity contribution < 1.29 is 4.92 Å². The van der Waals surface area contributed by atoms with E-state index in [0.29, 0.717) is 12.5 Å². The molecule has 4 nitrogen and oxygen atoms in total. The first kappa shape index (κ1) is 13.4. The van der Waals surface area contributed by atoms with E-state index in [4.69, 9.17) is 0 Å². The van der Waals surface area contributed by atoms with Gasteiger partial charge in [-0.2, -0.15) is 0 Å². The number of nitro benzene ring substituents is 1. The van der Waals surface area contributed by atoms with E-state index in [2.05, 4.69) is 34.8 Å². The zero-order valence-electron chi connectivity index (χ0n) is 9.37. The molecule has 0 bridgehead atoms. The predicted octanol–water partition coefficient (Wildman–Crippen LogP) is 2.74. The number of halogens is 1. The Morgan fingerprint density at radius 1 is 1.56 bits per heavy atom. The highest BCUT2D eigenvalue weighted by atomic mass is 127. The molecule has 0 radical (unpaired) electrons. The molecule has 0 amide bonds. The number of nitrogens with zero attached hydrogens (tertiary/aromatic N) is 1. The van der Waals surface area contributed by atoms with Gasteiger partial charge >= 0.3 is 0 Å². The number of likely N-dealkylation sites (N-methyl/N-ethyl adjacent to an activating group) is 1. The molecule has 0 fully saturated rings. The number of hydrogen-bond donors (Lipinski definition) is 1. The summed E-state index contributed by atoms with van der Waals surface area (Å²) in [6.45, 7) is 2.07. The minimum atomic E-state index is -0.306. The lowest BCUT2D eigenvalue weighted by Crippen LogP contribution is -2.26. The van der Waals surface area contributed by atoms with Gasteiger partial charge in [0.05, 0.1) is 4.92 Å². The van der Waals surface area contributed by atoms with Crippen LogP contribution in [0.25, 0.3) is 0 Å². The van der Waals surface area contributed by atoms with Gasteiger partial charge in [-0.05, 0) is 48.5 Å². The number of hydrogen-bond acceptors (Lipinski definition) is 3. The molecule has 0 aromatic heterocycles. The van der Waals surface area contributed by atoms with Crippen molar-refractivity contribution in [3.05, 3.63) is 37.4 Å². The highest BCUT2D eigenvalue weighted by molar-refractivity contribution is 14.1. The summed E-state index contributed by atoms with van der Waals surface area (Å²) in [6.07, 6.45) is 1.65. The number of rotatable bonds is 5. The Kier molecular flexibility index (Phi) is 5.14. The van der Waals surface area contributed by atoms with Crippen LogP contribution >= 0.6 is 22.6 Å². The maximum atomic E-state index is 10.9. The van der Waals surface area contributed by atoms with Crippen LogP contribution in [0.1, 0.15) is 18.9 Å². The summed E-state index contributed by atoms with van der Waals surface area (Å²) in [5.74, 6) is 0. The van der Waals surface area contributed by atoms with Crippen LogP contribution in [0.2, 0.25) is 0 Å². The Hall–Kier alpha value is -0.690. The van der Waals surface area contributed by atoms with Crippen LogP contribution in [-0.2, 0) is 6.42 Å². The minimum absolute atomic E-state index is 0.223. The first-order valence-corrected chi connectivity index (χ1v) is 6.26. The number of nitrogens with one attached hydrogen (secondary N) is 1. The van der Waals surface area contributed by atoms with Crippen molar-refractivity contribution in [3.63, 3.8) is 0 Å². The molecule has 0 aliphatic heterocycles. The third-order valence-electron chi connectivity index (χ3n) is 2.61. The maximum Gasteiger partial charge on any atom is 0.273 e. The molecule has 1 aromatic carbocycles. The third-order valence-corrected chi connectivity index (χ3v) is 3.28. The first-order chi connectivity index (χ1) is 7.58. The normalized spacial score (nSPS) is 12.4. The van der Waals surface area contributed by atoms with E-state index in [1.165, 1.54) is 0 Å². The Morgan fingerprint density at radius 2 is 2.25 bits per heavy atom. The van der Waals surface area contributed by atoms with Crippen LogP contribution in [-0.4, -0.2) is 18.0 Å². The summed E-state index contributed by atoms with van der Waals surface area (Å²) in [6, 6.07) is 5.67. The fourth-order valence-electron chi connectivity index (χ4n) is 1.60. The topological polar surface area (TPSA) is 55.2 Å². The minimum Gasteiger partial charge on any atom is -0.317 e. The lowest BCUT2D eigenvalue weighted by atomic mass is 10.0. The second-order valence-electron chi connectivity index (χ2n) is 3.63. The summed E-state index contributed by atoms with van der Waals surface area (Å²) in [4.78, 5) is 10.6. The van der Waals surface area contributed by atoms with Gasteiger partial charge in [0.1, 0.15) is 0 Å². The third kappa shape index (κ3) is 3.41. The Balaban J connectivity index is 2.98. The summed E-state index contributed by atoms with van der Waals surface area (Å²) in [7, 11) is 1.88. The standard InChI is InChI=1S/C11H15IN2O2/c1-3-10(13-2)6-8-4-5-9(12)7-11(8)14(15)16/h4-5,7,10,13H,3,6H2,1-2H3. The summed E-state index contributed by atoms with van der Waals surface area (Å²) in [5, 5.41) is 14.1. The lowest BCUT2D eigenvalue weighted by Gasteiger charge is -2.13. The van der Waals surface area contributed by atoms with Crippen LogP contribution in [0.4, 0.5) is 5.69 Å². The molecule has 0 heterocycles. The Labute approximate surface area is 109 Å². The Bertz CT molecular complexity index is 378. The van der Waals surface area contributed by atoms with Crippen molar-refractivity contribution in [2.24, 2.45) is 0 Å². The van der Waals surface area contributed by atoms with Gasteiger partial charge in [0, 0.05) is 21.2 Å². The van der Waals surface area contributed by atoms with Gasteiger partial charge in [-0.25, -0.2) is 0 Å². The maximum absolute atomic E-state index is 10.9. The van der Waals surface area contributed by atoms with Crippen LogP contribution in [0.15, 0.2) is 18.2 Å². The molecule has 1 rings (SSSR count). The Morgan fingerprint density at radius 3 is 2.75 bits per heavy atom. The van der Waals surface area contributed by atoms with Crippen LogP contribution in [0, 0.1) is 13.7 Å². The average Bonchev–Trinajstić information content (AvgIpc) is 2.27. The van der Waals surface area contributed by atoms with E-state index < -0.39 is 0 Å². The van der Waals surface area contributed by atoms with E-state index in [1.54, 1.807) is 6.07 Å². The molecule has 0 saturated heterocycles. The van der Waals surface area contributed by atoms with Gasteiger partial charge in [0.2, 0.25) is 0 Å². The molecule has 0 aliphatic rings. The van der Waals surface area contributed by atoms with Gasteiger partial charge in [-0.1, -0.05) is 13.0 Å². The fourth-order valence-corrected chi connectivity index (χ4v) is 2.07. The van der Waals surface area contributed by atoms with E-state index in [0.717, 1.165) is 15.6 Å². The highest BCUT2D eigenvalue weighted by Gasteiger charge is 2.16. The molecule has 16 heavy (non-hydrogen) atoms. The van der Waals surface area contributed by atoms with Crippen molar-refractivity contribution in [3.8, 4) is 0 Å². The molecule has 1 atom stereocenters. The van der Waals surface area contributed by atoms with Crippen LogP contribution in [0.5, 0.6) is 0 Å². The van der Waals surface area contributed by atoms with Crippen LogP contribution < -0.4 is 5.32 Å². The van der Waals surface area contributed by atoms with E-state index >= 15 is 0 Å². The molecule has 0 aliphatic carbocycles. The molecular formula is C11H15IN2O2. The van der Waals surface area contributed by atoms with Gasteiger partial charge < -0.3 is 5.32 Å². The molecule has 0 spiro atoms. The van der Waals surface area contributed by atoms with Crippen molar-refractivity contribution in [2.45, 2.75) is 25.8 Å². The van der Waals surface area contributed by atoms with E-state index in [1.807, 2.05) is 19.2 Å². The predicted molar refractivity (Wildman–Crippen MR) is 72.7 cm³/mol. The van der Waals surface area contributed by atoms with Gasteiger partial charge in [0.15, 0.2) is 0 Å².